The van der Waals surface area contributed by atoms with Gasteiger partial charge in [-0.25, -0.2) is 0 Å². The fourth-order valence-corrected chi connectivity index (χ4v) is 2.28. The van der Waals surface area contributed by atoms with E-state index in [0.717, 1.165) is 11.3 Å². The highest BCUT2D eigenvalue weighted by Gasteiger charge is 2.21. The second-order valence-electron chi connectivity index (χ2n) is 4.93. The monoisotopic (exact) mass is 300 g/mol. The normalized spacial score (nSPS) is 11.6. The summed E-state index contributed by atoms with van der Waals surface area (Å²) in [6.45, 7) is 1.88. The summed E-state index contributed by atoms with van der Waals surface area (Å²) in [5, 5.41) is 0. The molecule has 2 aromatic carbocycles. The van der Waals surface area contributed by atoms with Crippen LogP contribution in [0.25, 0.3) is 0 Å². The standard InChI is InChI=1S/C18H20O4/c1-12(13-5-7-14(20-2)8-6-13)18(19)16-10-9-15(21-3)11-17(16)22-4/h5-12H,1-4H3. The van der Waals surface area contributed by atoms with Gasteiger partial charge in [-0.3, -0.25) is 4.79 Å². The number of Topliss-reactive ketones (excluding diaryl/α,β-unsaturated/α-hetero) is 1. The summed E-state index contributed by atoms with van der Waals surface area (Å²) in [7, 11) is 4.74. The predicted octanol–water partition coefficient (Wildman–Crippen LogP) is 3.70. The van der Waals surface area contributed by atoms with Crippen LogP contribution in [0.4, 0.5) is 0 Å². The zero-order valence-corrected chi connectivity index (χ0v) is 13.3. The molecule has 0 N–H and O–H groups in total. The Morgan fingerprint density at radius 3 is 2.00 bits per heavy atom. The minimum atomic E-state index is -0.270. The lowest BCUT2D eigenvalue weighted by molar-refractivity contribution is 0.0963. The second-order valence-corrected chi connectivity index (χ2v) is 4.93. The van der Waals surface area contributed by atoms with Crippen LogP contribution in [-0.4, -0.2) is 27.1 Å². The smallest absolute Gasteiger partial charge is 0.173 e. The molecule has 0 aliphatic carbocycles. The van der Waals surface area contributed by atoms with Crippen molar-refractivity contribution in [1.82, 2.24) is 0 Å². The molecule has 0 aromatic heterocycles. The van der Waals surface area contributed by atoms with Gasteiger partial charge in [-0.05, 0) is 29.8 Å². The molecule has 116 valence electrons. The number of hydrogen-bond donors (Lipinski definition) is 0. The molecule has 2 rings (SSSR count). The van der Waals surface area contributed by atoms with E-state index >= 15 is 0 Å². The minimum absolute atomic E-state index is 0.00432. The first kappa shape index (κ1) is 15.9. The van der Waals surface area contributed by atoms with E-state index in [4.69, 9.17) is 14.2 Å². The van der Waals surface area contributed by atoms with E-state index in [0.29, 0.717) is 17.1 Å². The molecule has 4 heteroatoms. The van der Waals surface area contributed by atoms with Crippen molar-refractivity contribution in [2.75, 3.05) is 21.3 Å². The lowest BCUT2D eigenvalue weighted by atomic mass is 9.92. The van der Waals surface area contributed by atoms with Gasteiger partial charge < -0.3 is 14.2 Å². The highest BCUT2D eigenvalue weighted by molar-refractivity contribution is 6.03. The molecule has 1 atom stereocenters. The van der Waals surface area contributed by atoms with Crippen LogP contribution in [-0.2, 0) is 0 Å². The first-order valence-electron chi connectivity index (χ1n) is 7.01. The Morgan fingerprint density at radius 1 is 0.864 bits per heavy atom. The van der Waals surface area contributed by atoms with E-state index in [1.165, 1.54) is 0 Å². The van der Waals surface area contributed by atoms with Gasteiger partial charge in [0.25, 0.3) is 0 Å². The van der Waals surface area contributed by atoms with Gasteiger partial charge in [0.1, 0.15) is 17.2 Å². The van der Waals surface area contributed by atoms with Gasteiger partial charge in [0.2, 0.25) is 0 Å². The number of rotatable bonds is 6. The molecular formula is C18H20O4. The van der Waals surface area contributed by atoms with Crippen molar-refractivity contribution < 1.29 is 19.0 Å². The molecule has 0 saturated heterocycles. The average molecular weight is 300 g/mol. The Kier molecular flexibility index (Phi) is 5.04. The fraction of sp³-hybridized carbons (Fsp3) is 0.278. The number of benzene rings is 2. The van der Waals surface area contributed by atoms with Crippen LogP contribution in [0.1, 0.15) is 28.8 Å². The Balaban J connectivity index is 2.29. The molecule has 0 aliphatic heterocycles. The number of carbonyl (C=O) groups excluding carboxylic acids is 1. The molecule has 0 aliphatic rings. The minimum Gasteiger partial charge on any atom is -0.497 e. The SMILES string of the molecule is COc1ccc(C(C)C(=O)c2ccc(OC)cc2OC)cc1. The van der Waals surface area contributed by atoms with Crippen LogP contribution in [0.5, 0.6) is 17.2 Å². The summed E-state index contributed by atoms with van der Waals surface area (Å²) in [4.78, 5) is 12.7. The van der Waals surface area contributed by atoms with Crippen molar-refractivity contribution >= 4 is 5.78 Å². The lowest BCUT2D eigenvalue weighted by Gasteiger charge is -2.15. The third-order valence-corrected chi connectivity index (χ3v) is 3.68. The lowest BCUT2D eigenvalue weighted by Crippen LogP contribution is -2.11. The molecule has 22 heavy (non-hydrogen) atoms. The number of ketones is 1. The fourth-order valence-electron chi connectivity index (χ4n) is 2.28. The van der Waals surface area contributed by atoms with E-state index in [2.05, 4.69) is 0 Å². The Morgan fingerprint density at radius 2 is 1.45 bits per heavy atom. The van der Waals surface area contributed by atoms with E-state index in [1.54, 1.807) is 39.5 Å². The number of hydrogen-bond acceptors (Lipinski definition) is 4. The topological polar surface area (TPSA) is 44.8 Å². The second kappa shape index (κ2) is 6.98. The number of ether oxygens (including phenoxy) is 3. The van der Waals surface area contributed by atoms with Crippen LogP contribution in [0.15, 0.2) is 42.5 Å². The number of methoxy groups -OCH3 is 3. The van der Waals surface area contributed by atoms with Crippen molar-refractivity contribution in [3.63, 3.8) is 0 Å². The summed E-state index contributed by atoms with van der Waals surface area (Å²) in [6, 6.07) is 12.7. The highest BCUT2D eigenvalue weighted by atomic mass is 16.5. The molecule has 2 aromatic rings. The van der Waals surface area contributed by atoms with Crippen molar-refractivity contribution in [2.24, 2.45) is 0 Å². The van der Waals surface area contributed by atoms with E-state index < -0.39 is 0 Å². The van der Waals surface area contributed by atoms with Gasteiger partial charge in [0.15, 0.2) is 5.78 Å². The summed E-state index contributed by atoms with van der Waals surface area (Å²) >= 11 is 0. The quantitative estimate of drug-likeness (QED) is 0.763. The molecule has 0 fully saturated rings. The molecule has 0 bridgehead atoms. The van der Waals surface area contributed by atoms with Crippen molar-refractivity contribution in [3.8, 4) is 17.2 Å². The van der Waals surface area contributed by atoms with Gasteiger partial charge in [-0.1, -0.05) is 19.1 Å². The summed E-state index contributed by atoms with van der Waals surface area (Å²) in [6.07, 6.45) is 0. The van der Waals surface area contributed by atoms with Crippen LogP contribution >= 0.6 is 0 Å². The molecule has 0 saturated carbocycles. The third kappa shape index (κ3) is 3.22. The van der Waals surface area contributed by atoms with Crippen LogP contribution < -0.4 is 14.2 Å². The van der Waals surface area contributed by atoms with Crippen LogP contribution in [0.3, 0.4) is 0 Å². The predicted molar refractivity (Wildman–Crippen MR) is 85.3 cm³/mol. The third-order valence-electron chi connectivity index (χ3n) is 3.68. The van der Waals surface area contributed by atoms with Gasteiger partial charge in [0, 0.05) is 12.0 Å². The first-order valence-corrected chi connectivity index (χ1v) is 7.01. The zero-order valence-electron chi connectivity index (χ0n) is 13.3. The molecule has 1 unspecified atom stereocenters. The maximum Gasteiger partial charge on any atom is 0.173 e. The number of carbonyl (C=O) groups is 1. The van der Waals surface area contributed by atoms with Gasteiger partial charge >= 0.3 is 0 Å². The average Bonchev–Trinajstić information content (AvgIpc) is 2.59. The van der Waals surface area contributed by atoms with E-state index in [1.807, 2.05) is 31.2 Å². The van der Waals surface area contributed by atoms with E-state index in [9.17, 15) is 4.79 Å². The summed E-state index contributed by atoms with van der Waals surface area (Å²) < 4.78 is 15.6. The van der Waals surface area contributed by atoms with Crippen molar-refractivity contribution in [1.29, 1.82) is 0 Å². The van der Waals surface area contributed by atoms with Crippen molar-refractivity contribution in [2.45, 2.75) is 12.8 Å². The molecule has 0 radical (unpaired) electrons. The highest BCUT2D eigenvalue weighted by Crippen LogP contribution is 2.30. The van der Waals surface area contributed by atoms with Crippen LogP contribution in [0, 0.1) is 0 Å². The maximum atomic E-state index is 12.7. The molecule has 4 nitrogen and oxygen atoms in total. The maximum absolute atomic E-state index is 12.7. The Labute approximate surface area is 130 Å². The first-order chi connectivity index (χ1) is 10.6. The largest absolute Gasteiger partial charge is 0.497 e. The molecule has 0 amide bonds. The van der Waals surface area contributed by atoms with Crippen molar-refractivity contribution in [3.05, 3.63) is 53.6 Å². The molecular weight excluding hydrogens is 280 g/mol. The zero-order chi connectivity index (χ0) is 16.1. The molecule has 0 heterocycles. The van der Waals surface area contributed by atoms with Gasteiger partial charge in [-0.15, -0.1) is 0 Å². The van der Waals surface area contributed by atoms with E-state index in [-0.39, 0.29) is 11.7 Å². The molecule has 0 spiro atoms. The summed E-state index contributed by atoms with van der Waals surface area (Å²) in [5.74, 6) is 1.68. The summed E-state index contributed by atoms with van der Waals surface area (Å²) in [5.41, 5.74) is 1.48. The van der Waals surface area contributed by atoms with Gasteiger partial charge in [0.05, 0.1) is 26.9 Å². The van der Waals surface area contributed by atoms with Gasteiger partial charge in [-0.2, -0.15) is 0 Å². The Bertz CT molecular complexity index is 647. The Hall–Kier alpha value is -2.49. The van der Waals surface area contributed by atoms with Crippen LogP contribution in [0.2, 0.25) is 0 Å².